The van der Waals surface area contributed by atoms with Gasteiger partial charge in [-0.25, -0.2) is 0 Å². The fraction of sp³-hybridized carbons (Fsp3) is 0.417. The van der Waals surface area contributed by atoms with E-state index >= 15 is 0 Å². The fourth-order valence-corrected chi connectivity index (χ4v) is 0.997. The molecule has 0 saturated heterocycles. The Morgan fingerprint density at radius 3 is 2.38 bits per heavy atom. The Morgan fingerprint density at radius 1 is 1.23 bits per heavy atom. The van der Waals surface area contributed by atoms with Gasteiger partial charge in [-0.3, -0.25) is 4.99 Å². The second-order valence-electron chi connectivity index (χ2n) is 2.76. The number of nitrogens with zero attached hydrogens (tertiary/aromatic N) is 1. The maximum Gasteiger partial charge on any atom is 0.0441 e. The summed E-state index contributed by atoms with van der Waals surface area (Å²) in [4.78, 5) is 4.30. The molecule has 0 aliphatic carbocycles. The zero-order valence-corrected chi connectivity index (χ0v) is 9.04. The Bertz CT molecular complexity index is 242. The second kappa shape index (κ2) is 7.53. The highest BCUT2D eigenvalue weighted by molar-refractivity contribution is 6.00. The van der Waals surface area contributed by atoms with E-state index in [1.54, 1.807) is 0 Å². The van der Waals surface area contributed by atoms with Gasteiger partial charge < -0.3 is 0 Å². The quantitative estimate of drug-likeness (QED) is 0.456. The fourth-order valence-electron chi connectivity index (χ4n) is 0.997. The van der Waals surface area contributed by atoms with Crippen LogP contribution in [0.4, 0.5) is 0 Å². The van der Waals surface area contributed by atoms with Gasteiger partial charge in [0.1, 0.15) is 0 Å². The van der Waals surface area contributed by atoms with Crippen LogP contribution in [0.15, 0.2) is 41.1 Å². The average molecular weight is 177 g/mol. The van der Waals surface area contributed by atoms with Crippen LogP contribution in [0.2, 0.25) is 0 Å². The van der Waals surface area contributed by atoms with Gasteiger partial charge in [-0.05, 0) is 32.8 Å². The lowest BCUT2D eigenvalue weighted by Crippen LogP contribution is -1.93. The monoisotopic (exact) mass is 177 g/mol. The lowest BCUT2D eigenvalue weighted by molar-refractivity contribution is 1.21. The molecule has 1 nitrogen and oxygen atoms in total. The molecule has 0 N–H and O–H groups in total. The smallest absolute Gasteiger partial charge is 0.0441 e. The van der Waals surface area contributed by atoms with Crippen molar-refractivity contribution in [3.05, 3.63) is 36.1 Å². The normalized spacial score (nSPS) is 14.8. The third-order valence-electron chi connectivity index (χ3n) is 1.61. The van der Waals surface area contributed by atoms with E-state index in [0.29, 0.717) is 0 Å². The summed E-state index contributed by atoms with van der Waals surface area (Å²) in [6, 6.07) is 0. The first-order chi connectivity index (χ1) is 6.26. The predicted octanol–water partition coefficient (Wildman–Crippen LogP) is 3.89. The summed E-state index contributed by atoms with van der Waals surface area (Å²) in [5.41, 5.74) is 2.28. The van der Waals surface area contributed by atoms with Crippen molar-refractivity contribution in [3.63, 3.8) is 0 Å². The molecule has 0 aliphatic rings. The molecule has 72 valence electrons. The van der Waals surface area contributed by atoms with Gasteiger partial charge in [0, 0.05) is 11.9 Å². The molecule has 0 unspecified atom stereocenters. The molecule has 1 heteroatoms. The molecule has 0 aromatic carbocycles. The summed E-state index contributed by atoms with van der Waals surface area (Å²) in [5, 5.41) is 0. The van der Waals surface area contributed by atoms with Crippen LogP contribution in [-0.4, -0.2) is 5.71 Å². The molecule has 0 aliphatic heterocycles. The lowest BCUT2D eigenvalue weighted by atomic mass is 10.1. The predicted molar refractivity (Wildman–Crippen MR) is 61.1 cm³/mol. The van der Waals surface area contributed by atoms with Crippen LogP contribution in [0, 0.1) is 0 Å². The topological polar surface area (TPSA) is 12.4 Å². The van der Waals surface area contributed by atoms with Gasteiger partial charge >= 0.3 is 0 Å². The molecular weight excluding hydrogens is 158 g/mol. The zero-order valence-electron chi connectivity index (χ0n) is 9.04. The van der Waals surface area contributed by atoms with Crippen LogP contribution < -0.4 is 0 Å². The molecule has 0 heterocycles. The summed E-state index contributed by atoms with van der Waals surface area (Å²) in [7, 11) is 0. The highest BCUT2D eigenvalue weighted by atomic mass is 14.7. The van der Waals surface area contributed by atoms with E-state index in [1.165, 1.54) is 5.57 Å². The highest BCUT2D eigenvalue weighted by Crippen LogP contribution is 2.03. The van der Waals surface area contributed by atoms with Crippen molar-refractivity contribution in [3.8, 4) is 0 Å². The Balaban J connectivity index is 4.64. The van der Waals surface area contributed by atoms with E-state index in [4.69, 9.17) is 0 Å². The van der Waals surface area contributed by atoms with E-state index in [1.807, 2.05) is 39.1 Å². The molecule has 0 amide bonds. The standard InChI is InChI=1S/C12H19N/c1-5-8-12(9-6-2)11(4)13-10-7-3/h5,7-10H,6H2,1-4H3/b8-5-,10-7-,12-9+,13-11+. The summed E-state index contributed by atoms with van der Waals surface area (Å²) in [5.74, 6) is 0. The molecular formula is C12H19N. The van der Waals surface area contributed by atoms with Gasteiger partial charge in [0.2, 0.25) is 0 Å². The Kier molecular flexibility index (Phi) is 6.89. The maximum atomic E-state index is 4.30. The minimum absolute atomic E-state index is 1.04. The molecule has 13 heavy (non-hydrogen) atoms. The van der Waals surface area contributed by atoms with Crippen molar-refractivity contribution in [2.45, 2.75) is 34.1 Å². The number of hydrogen-bond acceptors (Lipinski definition) is 1. The van der Waals surface area contributed by atoms with Crippen molar-refractivity contribution in [1.29, 1.82) is 0 Å². The molecule has 0 bridgehead atoms. The number of hydrogen-bond donors (Lipinski definition) is 0. The molecule has 0 rings (SSSR count). The summed E-state index contributed by atoms with van der Waals surface area (Å²) in [6.45, 7) is 8.15. The zero-order chi connectivity index (χ0) is 10.1. The molecule has 0 saturated carbocycles. The van der Waals surface area contributed by atoms with E-state index in [0.717, 1.165) is 12.1 Å². The number of aliphatic imine (C=N–C) groups is 1. The largest absolute Gasteiger partial charge is 0.261 e. The summed E-state index contributed by atoms with van der Waals surface area (Å²) >= 11 is 0. The van der Waals surface area contributed by atoms with E-state index in [2.05, 4.69) is 24.1 Å². The summed E-state index contributed by atoms with van der Waals surface area (Å²) in [6.07, 6.45) is 11.1. The minimum atomic E-state index is 1.04. The van der Waals surface area contributed by atoms with Crippen molar-refractivity contribution in [2.75, 3.05) is 0 Å². The van der Waals surface area contributed by atoms with Crippen molar-refractivity contribution < 1.29 is 0 Å². The van der Waals surface area contributed by atoms with E-state index < -0.39 is 0 Å². The Hall–Kier alpha value is -1.11. The van der Waals surface area contributed by atoms with E-state index in [-0.39, 0.29) is 0 Å². The van der Waals surface area contributed by atoms with Crippen LogP contribution >= 0.6 is 0 Å². The maximum absolute atomic E-state index is 4.30. The molecule has 0 aromatic rings. The van der Waals surface area contributed by atoms with Gasteiger partial charge in [0.15, 0.2) is 0 Å². The highest BCUT2D eigenvalue weighted by Gasteiger charge is 1.93. The molecule has 0 aromatic heterocycles. The van der Waals surface area contributed by atoms with E-state index in [9.17, 15) is 0 Å². The van der Waals surface area contributed by atoms with Gasteiger partial charge in [0.25, 0.3) is 0 Å². The van der Waals surface area contributed by atoms with Gasteiger partial charge in [-0.1, -0.05) is 31.2 Å². The van der Waals surface area contributed by atoms with Crippen LogP contribution in [0.25, 0.3) is 0 Å². The van der Waals surface area contributed by atoms with Gasteiger partial charge in [0.05, 0.1) is 0 Å². The average Bonchev–Trinajstić information content (AvgIpc) is 2.14. The Labute approximate surface area is 81.6 Å². The lowest BCUT2D eigenvalue weighted by Gasteiger charge is -1.99. The first-order valence-electron chi connectivity index (χ1n) is 4.75. The third-order valence-corrected chi connectivity index (χ3v) is 1.61. The number of rotatable bonds is 4. The molecule has 0 radical (unpaired) electrons. The minimum Gasteiger partial charge on any atom is -0.261 e. The van der Waals surface area contributed by atoms with Crippen LogP contribution in [0.1, 0.15) is 34.1 Å². The van der Waals surface area contributed by atoms with Crippen LogP contribution in [0.5, 0.6) is 0 Å². The molecule has 0 spiro atoms. The van der Waals surface area contributed by atoms with Crippen LogP contribution in [-0.2, 0) is 0 Å². The van der Waals surface area contributed by atoms with Gasteiger partial charge in [-0.2, -0.15) is 0 Å². The van der Waals surface area contributed by atoms with Crippen LogP contribution in [0.3, 0.4) is 0 Å². The first kappa shape index (κ1) is 11.9. The third kappa shape index (κ3) is 5.18. The first-order valence-corrected chi connectivity index (χ1v) is 4.75. The van der Waals surface area contributed by atoms with Crippen molar-refractivity contribution >= 4 is 5.71 Å². The van der Waals surface area contributed by atoms with Crippen molar-refractivity contribution in [2.24, 2.45) is 4.99 Å². The summed E-state index contributed by atoms with van der Waals surface area (Å²) < 4.78 is 0. The molecule has 0 fully saturated rings. The van der Waals surface area contributed by atoms with Crippen molar-refractivity contribution in [1.82, 2.24) is 0 Å². The number of allylic oxidation sites excluding steroid dienone is 5. The van der Waals surface area contributed by atoms with Gasteiger partial charge in [-0.15, -0.1) is 0 Å². The Morgan fingerprint density at radius 2 is 1.92 bits per heavy atom. The SMILES string of the molecule is C\C=C/N=C(C)/C(/C=C\C)=C/CC. The second-order valence-corrected chi connectivity index (χ2v) is 2.76. The molecule has 0 atom stereocenters.